The van der Waals surface area contributed by atoms with Gasteiger partial charge in [0, 0.05) is 76.9 Å². The molecule has 0 fully saturated rings. The predicted molar refractivity (Wildman–Crippen MR) is 110 cm³/mol. The van der Waals surface area contributed by atoms with Crippen LogP contribution >= 0.6 is 0 Å². The number of hydrogen-bond donors (Lipinski definition) is 4. The van der Waals surface area contributed by atoms with Crippen molar-refractivity contribution >= 4 is 91.6 Å². The van der Waals surface area contributed by atoms with Crippen molar-refractivity contribution in [2.45, 2.75) is 25.7 Å². The minimum absolute atomic E-state index is 0. The van der Waals surface area contributed by atoms with Crippen LogP contribution in [0.3, 0.4) is 0 Å². The fourth-order valence-electron chi connectivity index (χ4n) is 0.849. The van der Waals surface area contributed by atoms with Crippen LogP contribution in [0.2, 0.25) is 0 Å². The molecule has 0 aliphatic carbocycles. The van der Waals surface area contributed by atoms with Gasteiger partial charge in [-0.1, -0.05) is 0 Å². The van der Waals surface area contributed by atoms with E-state index >= 15 is 0 Å². The van der Waals surface area contributed by atoms with Crippen molar-refractivity contribution in [2.75, 3.05) is 23.0 Å². The summed E-state index contributed by atoms with van der Waals surface area (Å²) in [6.45, 7) is 0. The van der Waals surface area contributed by atoms with E-state index in [1.165, 1.54) is 0 Å². The van der Waals surface area contributed by atoms with Crippen molar-refractivity contribution in [2.24, 2.45) is 0 Å². The van der Waals surface area contributed by atoms with Crippen LogP contribution in [0.25, 0.3) is 0 Å². The number of carbonyl (C=O) groups is 4. The third-order valence-corrected chi connectivity index (χ3v) is 5.14. The maximum absolute atomic E-state index is 9.80. The van der Waals surface area contributed by atoms with E-state index in [2.05, 4.69) is 0 Å². The van der Waals surface area contributed by atoms with Gasteiger partial charge in [0.05, 0.1) is 23.0 Å². The van der Waals surface area contributed by atoms with Gasteiger partial charge in [-0.25, -0.2) is 0 Å². The van der Waals surface area contributed by atoms with E-state index in [1.807, 2.05) is 0 Å². The third kappa shape index (κ3) is 72.0. The van der Waals surface area contributed by atoms with Crippen LogP contribution in [-0.4, -0.2) is 126 Å². The van der Waals surface area contributed by atoms with Gasteiger partial charge in [0.1, 0.15) is 0 Å². The Labute approximate surface area is 230 Å². The normalized spacial score (nSPS) is 10.9. The molecule has 0 heterocycles. The second kappa shape index (κ2) is 21.4. The quantitative estimate of drug-likeness (QED) is 0.105. The Morgan fingerprint density at radius 3 is 0.541 bits per heavy atom. The zero-order valence-electron chi connectivity index (χ0n) is 18.1. The van der Waals surface area contributed by atoms with Gasteiger partial charge in [-0.15, -0.1) is 0 Å². The largest absolute Gasteiger partial charge is 0.550 e. The van der Waals surface area contributed by atoms with Crippen LogP contribution in [0.1, 0.15) is 25.7 Å². The molecule has 0 rings (SSSR count). The molecule has 0 bridgehead atoms. The molecule has 0 aromatic rings. The summed E-state index contributed by atoms with van der Waals surface area (Å²) in [7, 11) is -16.6. The fraction of sp³-hybridized carbons (Fsp3) is 0.667. The molecule has 20 nitrogen and oxygen atoms in total. The molecule has 0 aromatic carbocycles. The zero-order chi connectivity index (χ0) is 30.0. The molecule has 25 heteroatoms. The van der Waals surface area contributed by atoms with Crippen LogP contribution in [0.4, 0.5) is 0 Å². The summed E-state index contributed by atoms with van der Waals surface area (Å²) in [5.74, 6) is -9.10. The molecule has 220 valence electrons. The van der Waals surface area contributed by atoms with Crippen LogP contribution < -0.4 is 20.4 Å². The zero-order valence-corrected chi connectivity index (χ0v) is 25.3. The van der Waals surface area contributed by atoms with Gasteiger partial charge in [0.15, 0.2) is 0 Å². The van der Waals surface area contributed by atoms with E-state index in [-0.39, 0.29) is 27.3 Å². The number of carboxylic acid groups (broad SMARTS) is 4. The van der Waals surface area contributed by atoms with Crippen molar-refractivity contribution < 1.29 is 91.5 Å². The molecule has 0 aliphatic rings. The second-order valence-electron chi connectivity index (χ2n) is 5.63. The van der Waals surface area contributed by atoms with Crippen LogP contribution in [-0.2, 0) is 59.7 Å². The van der Waals surface area contributed by atoms with Gasteiger partial charge in [-0.05, 0) is 0 Å². The van der Waals surface area contributed by atoms with E-state index in [1.54, 1.807) is 0 Å². The first-order chi connectivity index (χ1) is 15.7. The molecule has 0 atom stereocenters. The van der Waals surface area contributed by atoms with E-state index in [4.69, 9.17) is 18.2 Å². The number of carbonyl (C=O) groups excluding carboxylic acids is 4. The maximum Gasteiger partial charge on any atom is 0.265 e. The smallest absolute Gasteiger partial charge is 0.265 e. The van der Waals surface area contributed by atoms with Gasteiger partial charge in [-0.3, -0.25) is 18.2 Å². The minimum Gasteiger partial charge on any atom is -0.550 e. The summed E-state index contributed by atoms with van der Waals surface area (Å²) >= 11 is 0. The standard InChI is InChI=1S/4C3H6O5S.Pb/c4*4-3(5)1-2-9(6,7)8;/h4*1-2H2,(H,4,5)(H,6,7,8);/p-4. The predicted octanol–water partition coefficient (Wildman–Crippen LogP) is -8.32. The molecule has 4 radical (unpaired) electrons. The van der Waals surface area contributed by atoms with E-state index in [0.717, 1.165) is 0 Å². The molecular formula is C12H20O20PbS4-4. The maximum atomic E-state index is 9.80. The first kappa shape index (κ1) is 45.4. The SMILES string of the molecule is O=C([O-])CCS(=O)(=O)O.O=C([O-])CCS(=O)(=O)O.O=C([O-])CCS(=O)(=O)O.O=C([O-])CCS(=O)(=O)O.[Pb]. The summed E-state index contributed by atoms with van der Waals surface area (Å²) < 4.78 is 110. The number of carboxylic acids is 4. The number of hydrogen-bond acceptors (Lipinski definition) is 16. The first-order valence-corrected chi connectivity index (χ1v) is 14.7. The minimum atomic E-state index is -4.14. The van der Waals surface area contributed by atoms with Gasteiger partial charge < -0.3 is 39.6 Å². The summed E-state index contributed by atoms with van der Waals surface area (Å²) in [5.41, 5.74) is 0. The average molecular weight is 820 g/mol. The first-order valence-electron chi connectivity index (χ1n) is 8.27. The van der Waals surface area contributed by atoms with Crippen LogP contribution in [0, 0.1) is 0 Å². The van der Waals surface area contributed by atoms with Crippen molar-refractivity contribution in [3.05, 3.63) is 0 Å². The molecule has 4 N–H and O–H groups in total. The Balaban J connectivity index is -0.000000122. The Kier molecular flexibility index (Phi) is 26.2. The monoisotopic (exact) mass is 820 g/mol. The van der Waals surface area contributed by atoms with E-state index in [9.17, 15) is 73.3 Å². The molecule has 0 unspecified atom stereocenters. The number of aliphatic carboxylic acids is 4. The molecule has 0 spiro atoms. The Morgan fingerprint density at radius 2 is 0.514 bits per heavy atom. The van der Waals surface area contributed by atoms with E-state index in [0.29, 0.717) is 0 Å². The summed E-state index contributed by atoms with van der Waals surface area (Å²) in [5, 5.41) is 38.2. The topological polar surface area (TPSA) is 378 Å². The van der Waals surface area contributed by atoms with Gasteiger partial charge >= 0.3 is 0 Å². The molecule has 0 amide bonds. The van der Waals surface area contributed by atoms with E-state index < -0.39 is 113 Å². The van der Waals surface area contributed by atoms with Gasteiger partial charge in [0.2, 0.25) is 0 Å². The molecule has 37 heavy (non-hydrogen) atoms. The van der Waals surface area contributed by atoms with Crippen molar-refractivity contribution in [3.63, 3.8) is 0 Å². The second-order valence-corrected chi connectivity index (χ2v) is 11.9. The molecule has 0 aromatic heterocycles. The summed E-state index contributed by atoms with van der Waals surface area (Å²) in [4.78, 5) is 38.2. The van der Waals surface area contributed by atoms with Crippen LogP contribution in [0.5, 0.6) is 0 Å². The Hall–Kier alpha value is -1.56. The van der Waals surface area contributed by atoms with Crippen molar-refractivity contribution in [1.29, 1.82) is 0 Å². The van der Waals surface area contributed by atoms with Gasteiger partial charge in [-0.2, -0.15) is 33.7 Å². The van der Waals surface area contributed by atoms with Gasteiger partial charge in [0.25, 0.3) is 40.5 Å². The summed E-state index contributed by atoms with van der Waals surface area (Å²) in [6, 6.07) is 0. The van der Waals surface area contributed by atoms with Crippen molar-refractivity contribution in [1.82, 2.24) is 0 Å². The van der Waals surface area contributed by atoms with Crippen molar-refractivity contribution in [3.8, 4) is 0 Å². The summed E-state index contributed by atoms with van der Waals surface area (Å²) in [6.07, 6.45) is -2.67. The van der Waals surface area contributed by atoms with Crippen LogP contribution in [0.15, 0.2) is 0 Å². The molecule has 0 saturated heterocycles. The Morgan fingerprint density at radius 1 is 0.405 bits per heavy atom. The molecule has 0 saturated carbocycles. The number of rotatable bonds is 12. The fourth-order valence-corrected chi connectivity index (χ4v) is 2.55. The average Bonchev–Trinajstić information content (AvgIpc) is 2.61. The third-order valence-electron chi connectivity index (χ3n) is 2.26. The molecular weight excluding hydrogens is 800 g/mol. The Bertz CT molecular complexity index is 952. The molecule has 0 aliphatic heterocycles.